The Morgan fingerprint density at radius 1 is 1.44 bits per heavy atom. The zero-order chi connectivity index (χ0) is 11.4. The van der Waals surface area contributed by atoms with Crippen LogP contribution in [0.2, 0.25) is 0 Å². The SMILES string of the molecule is C=CCCNc1cccc2cc(Br)cnc12. The number of fused-ring (bicyclic) bond motifs is 1. The molecule has 0 amide bonds. The number of benzene rings is 1. The van der Waals surface area contributed by atoms with Crippen molar-refractivity contribution < 1.29 is 0 Å². The van der Waals surface area contributed by atoms with Gasteiger partial charge in [-0.25, -0.2) is 0 Å². The highest BCUT2D eigenvalue weighted by atomic mass is 79.9. The van der Waals surface area contributed by atoms with E-state index in [9.17, 15) is 0 Å². The van der Waals surface area contributed by atoms with E-state index in [1.54, 1.807) is 0 Å². The maximum Gasteiger partial charge on any atom is 0.0934 e. The van der Waals surface area contributed by atoms with E-state index in [0.29, 0.717) is 0 Å². The molecule has 1 heterocycles. The van der Waals surface area contributed by atoms with Gasteiger partial charge in [-0.05, 0) is 34.5 Å². The van der Waals surface area contributed by atoms with Crippen LogP contribution in [0, 0.1) is 0 Å². The zero-order valence-electron chi connectivity index (χ0n) is 8.91. The van der Waals surface area contributed by atoms with Gasteiger partial charge in [0.15, 0.2) is 0 Å². The standard InChI is InChI=1S/C13H13BrN2/c1-2-3-7-15-12-6-4-5-10-8-11(14)9-16-13(10)12/h2,4-6,8-9,15H,1,3,7H2. The summed E-state index contributed by atoms with van der Waals surface area (Å²) in [5.74, 6) is 0. The number of para-hydroxylation sites is 1. The minimum atomic E-state index is 0.889. The molecule has 0 unspecified atom stereocenters. The number of halogens is 1. The number of anilines is 1. The first-order chi connectivity index (χ1) is 7.81. The normalized spacial score (nSPS) is 10.3. The Morgan fingerprint density at radius 2 is 2.31 bits per heavy atom. The average Bonchev–Trinajstić information content (AvgIpc) is 2.29. The number of rotatable bonds is 4. The zero-order valence-corrected chi connectivity index (χ0v) is 10.5. The Hall–Kier alpha value is -1.35. The van der Waals surface area contributed by atoms with Gasteiger partial charge in [-0.1, -0.05) is 18.2 Å². The van der Waals surface area contributed by atoms with Crippen molar-refractivity contribution in [3.8, 4) is 0 Å². The lowest BCUT2D eigenvalue weighted by Gasteiger charge is -2.07. The highest BCUT2D eigenvalue weighted by Gasteiger charge is 2.01. The summed E-state index contributed by atoms with van der Waals surface area (Å²) in [5.41, 5.74) is 2.08. The van der Waals surface area contributed by atoms with Crippen LogP contribution >= 0.6 is 15.9 Å². The van der Waals surface area contributed by atoms with Crippen LogP contribution in [0.1, 0.15) is 6.42 Å². The first-order valence-electron chi connectivity index (χ1n) is 5.20. The molecule has 0 aliphatic heterocycles. The fraction of sp³-hybridized carbons (Fsp3) is 0.154. The Morgan fingerprint density at radius 3 is 3.12 bits per heavy atom. The van der Waals surface area contributed by atoms with Crippen LogP contribution in [0.15, 0.2) is 47.6 Å². The fourth-order valence-electron chi connectivity index (χ4n) is 1.59. The Bertz CT molecular complexity index is 508. The molecule has 1 aromatic carbocycles. The highest BCUT2D eigenvalue weighted by Crippen LogP contribution is 2.23. The molecule has 0 aliphatic carbocycles. The van der Waals surface area contributed by atoms with Crippen LogP contribution in [0.4, 0.5) is 5.69 Å². The largest absolute Gasteiger partial charge is 0.383 e. The van der Waals surface area contributed by atoms with Crippen molar-refractivity contribution >= 4 is 32.5 Å². The van der Waals surface area contributed by atoms with Gasteiger partial charge < -0.3 is 5.32 Å². The molecule has 2 aromatic rings. The van der Waals surface area contributed by atoms with Crippen LogP contribution in [-0.2, 0) is 0 Å². The quantitative estimate of drug-likeness (QED) is 0.675. The maximum absolute atomic E-state index is 4.42. The van der Waals surface area contributed by atoms with Gasteiger partial charge in [0.1, 0.15) is 0 Å². The lowest BCUT2D eigenvalue weighted by Crippen LogP contribution is -2.01. The molecule has 0 saturated heterocycles. The van der Waals surface area contributed by atoms with Crippen molar-refractivity contribution in [1.82, 2.24) is 4.98 Å². The molecular weight excluding hydrogens is 264 g/mol. The van der Waals surface area contributed by atoms with E-state index < -0.39 is 0 Å². The van der Waals surface area contributed by atoms with Gasteiger partial charge in [0.2, 0.25) is 0 Å². The molecule has 0 radical (unpaired) electrons. The van der Waals surface area contributed by atoms with Crippen molar-refractivity contribution in [3.05, 3.63) is 47.6 Å². The minimum Gasteiger partial charge on any atom is -0.383 e. The predicted molar refractivity (Wildman–Crippen MR) is 72.7 cm³/mol. The number of hydrogen-bond acceptors (Lipinski definition) is 2. The lowest BCUT2D eigenvalue weighted by atomic mass is 10.2. The lowest BCUT2D eigenvalue weighted by molar-refractivity contribution is 1.07. The maximum atomic E-state index is 4.42. The third-order valence-electron chi connectivity index (χ3n) is 2.34. The molecule has 1 N–H and O–H groups in total. The van der Waals surface area contributed by atoms with E-state index in [4.69, 9.17) is 0 Å². The third kappa shape index (κ3) is 2.42. The van der Waals surface area contributed by atoms with Gasteiger partial charge >= 0.3 is 0 Å². The van der Waals surface area contributed by atoms with Crippen molar-refractivity contribution in [2.75, 3.05) is 11.9 Å². The number of hydrogen-bond donors (Lipinski definition) is 1. The molecule has 2 nitrogen and oxygen atoms in total. The summed E-state index contributed by atoms with van der Waals surface area (Å²) in [6, 6.07) is 8.21. The minimum absolute atomic E-state index is 0.889. The number of nitrogens with zero attached hydrogens (tertiary/aromatic N) is 1. The second-order valence-electron chi connectivity index (χ2n) is 3.53. The van der Waals surface area contributed by atoms with Crippen molar-refractivity contribution in [2.24, 2.45) is 0 Å². The van der Waals surface area contributed by atoms with E-state index in [1.165, 1.54) is 0 Å². The Kier molecular flexibility index (Phi) is 3.57. The van der Waals surface area contributed by atoms with E-state index in [-0.39, 0.29) is 0 Å². The summed E-state index contributed by atoms with van der Waals surface area (Å²) in [5, 5.41) is 4.50. The fourth-order valence-corrected chi connectivity index (χ4v) is 1.93. The molecule has 0 bridgehead atoms. The second-order valence-corrected chi connectivity index (χ2v) is 4.45. The first kappa shape index (κ1) is 11.1. The van der Waals surface area contributed by atoms with Gasteiger partial charge in [0.25, 0.3) is 0 Å². The summed E-state index contributed by atoms with van der Waals surface area (Å²) in [7, 11) is 0. The summed E-state index contributed by atoms with van der Waals surface area (Å²) in [4.78, 5) is 4.42. The molecule has 3 heteroatoms. The molecule has 1 aromatic heterocycles. The molecule has 0 spiro atoms. The number of aromatic nitrogens is 1. The summed E-state index contributed by atoms with van der Waals surface area (Å²) in [6.45, 7) is 4.59. The summed E-state index contributed by atoms with van der Waals surface area (Å²) < 4.78 is 1.00. The average molecular weight is 277 g/mol. The van der Waals surface area contributed by atoms with Crippen molar-refractivity contribution in [3.63, 3.8) is 0 Å². The van der Waals surface area contributed by atoms with Crippen LogP contribution in [0.5, 0.6) is 0 Å². The Labute approximate surface area is 104 Å². The van der Waals surface area contributed by atoms with Gasteiger partial charge in [-0.3, -0.25) is 4.98 Å². The van der Waals surface area contributed by atoms with E-state index in [1.807, 2.05) is 24.4 Å². The molecule has 16 heavy (non-hydrogen) atoms. The summed E-state index contributed by atoms with van der Waals surface area (Å²) in [6.07, 6.45) is 4.68. The first-order valence-corrected chi connectivity index (χ1v) is 5.99. The number of pyridine rings is 1. The van der Waals surface area contributed by atoms with Crippen molar-refractivity contribution in [2.45, 2.75) is 6.42 Å². The molecular formula is C13H13BrN2. The second kappa shape index (κ2) is 5.12. The highest BCUT2D eigenvalue weighted by molar-refractivity contribution is 9.10. The smallest absolute Gasteiger partial charge is 0.0934 e. The van der Waals surface area contributed by atoms with E-state index in [0.717, 1.165) is 34.0 Å². The number of nitrogens with one attached hydrogen (secondary N) is 1. The van der Waals surface area contributed by atoms with Crippen LogP contribution < -0.4 is 5.32 Å². The topological polar surface area (TPSA) is 24.9 Å². The molecule has 2 rings (SSSR count). The molecule has 0 fully saturated rings. The monoisotopic (exact) mass is 276 g/mol. The van der Waals surface area contributed by atoms with E-state index in [2.05, 4.69) is 44.9 Å². The van der Waals surface area contributed by atoms with Gasteiger partial charge in [-0.15, -0.1) is 6.58 Å². The van der Waals surface area contributed by atoms with Gasteiger partial charge in [-0.2, -0.15) is 0 Å². The van der Waals surface area contributed by atoms with Crippen LogP contribution in [0.25, 0.3) is 10.9 Å². The molecule has 0 aliphatic rings. The summed E-state index contributed by atoms with van der Waals surface area (Å²) >= 11 is 3.42. The van der Waals surface area contributed by atoms with Gasteiger partial charge in [0.05, 0.1) is 11.2 Å². The van der Waals surface area contributed by atoms with Crippen LogP contribution in [0.3, 0.4) is 0 Å². The van der Waals surface area contributed by atoms with E-state index >= 15 is 0 Å². The van der Waals surface area contributed by atoms with Crippen molar-refractivity contribution in [1.29, 1.82) is 0 Å². The van der Waals surface area contributed by atoms with Gasteiger partial charge in [0, 0.05) is 22.6 Å². The predicted octanol–water partition coefficient (Wildman–Crippen LogP) is 3.99. The molecule has 0 atom stereocenters. The molecule has 82 valence electrons. The van der Waals surface area contributed by atoms with Crippen LogP contribution in [-0.4, -0.2) is 11.5 Å². The Balaban J connectivity index is 2.34. The molecule has 0 saturated carbocycles. The third-order valence-corrected chi connectivity index (χ3v) is 2.78.